The number of rotatable bonds is 7. The minimum atomic E-state index is -1.02. The summed E-state index contributed by atoms with van der Waals surface area (Å²) in [5.41, 5.74) is 3.18. The van der Waals surface area contributed by atoms with Crippen LogP contribution in [0, 0.1) is 13.8 Å². The molecule has 1 fully saturated rings. The fraction of sp³-hybridized carbons (Fsp3) is 0.500. The van der Waals surface area contributed by atoms with E-state index in [1.807, 2.05) is 32.2 Å². The fourth-order valence-corrected chi connectivity index (χ4v) is 5.03. The largest absolute Gasteiger partial charge is 0.480 e. The number of carboxylic acids is 1. The molecule has 1 saturated heterocycles. The van der Waals surface area contributed by atoms with Gasteiger partial charge in [0.05, 0.1) is 4.91 Å². The fourth-order valence-electron chi connectivity index (χ4n) is 3.23. The van der Waals surface area contributed by atoms with E-state index < -0.39 is 12.0 Å². The number of nitrogens with zero attached hydrogens (tertiary/aromatic N) is 2. The number of amides is 1. The van der Waals surface area contributed by atoms with E-state index in [-0.39, 0.29) is 5.91 Å². The highest BCUT2D eigenvalue weighted by atomic mass is 32.2. The number of carbonyl (C=O) groups excluding carboxylic acids is 1. The Morgan fingerprint density at radius 1 is 1.42 bits per heavy atom. The Morgan fingerprint density at radius 3 is 2.58 bits per heavy atom. The molecule has 0 aliphatic carbocycles. The van der Waals surface area contributed by atoms with Gasteiger partial charge in [-0.25, -0.2) is 4.79 Å². The van der Waals surface area contributed by atoms with Crippen LogP contribution in [0.1, 0.15) is 43.3 Å². The Balaban J connectivity index is 2.35. The van der Waals surface area contributed by atoms with Gasteiger partial charge < -0.3 is 9.67 Å². The van der Waals surface area contributed by atoms with Gasteiger partial charge in [0.2, 0.25) is 0 Å². The van der Waals surface area contributed by atoms with E-state index in [1.165, 1.54) is 16.7 Å². The van der Waals surface area contributed by atoms with Crippen LogP contribution in [0.25, 0.3) is 6.08 Å². The van der Waals surface area contributed by atoms with Crippen molar-refractivity contribution in [1.82, 2.24) is 9.47 Å². The van der Waals surface area contributed by atoms with E-state index in [4.69, 9.17) is 12.2 Å². The molecule has 1 atom stereocenters. The Bertz CT molecular complexity index is 768. The molecule has 1 aromatic heterocycles. The van der Waals surface area contributed by atoms with Gasteiger partial charge in [-0.2, -0.15) is 11.8 Å². The van der Waals surface area contributed by atoms with Crippen LogP contribution in [-0.2, 0) is 9.59 Å². The minimum Gasteiger partial charge on any atom is -0.480 e. The molecule has 1 N–H and O–H groups in total. The van der Waals surface area contributed by atoms with E-state index in [1.54, 1.807) is 11.8 Å². The molecule has 1 aliphatic rings. The zero-order valence-corrected chi connectivity index (χ0v) is 18.1. The Labute approximate surface area is 168 Å². The van der Waals surface area contributed by atoms with Crippen molar-refractivity contribution in [2.24, 2.45) is 0 Å². The van der Waals surface area contributed by atoms with E-state index in [0.29, 0.717) is 27.4 Å². The molecule has 142 valence electrons. The van der Waals surface area contributed by atoms with Crippen molar-refractivity contribution >= 4 is 58.0 Å². The lowest BCUT2D eigenvalue weighted by Crippen LogP contribution is -2.44. The summed E-state index contributed by atoms with van der Waals surface area (Å²) in [5, 5.41) is 9.52. The molecular weight excluding hydrogens is 388 g/mol. The van der Waals surface area contributed by atoms with Gasteiger partial charge in [0.15, 0.2) is 0 Å². The van der Waals surface area contributed by atoms with Crippen LogP contribution >= 0.6 is 35.7 Å². The summed E-state index contributed by atoms with van der Waals surface area (Å²) in [7, 11) is 0. The predicted octanol–water partition coefficient (Wildman–Crippen LogP) is 4.09. The van der Waals surface area contributed by atoms with Gasteiger partial charge in [0, 0.05) is 17.4 Å². The molecule has 8 heteroatoms. The summed E-state index contributed by atoms with van der Waals surface area (Å²) < 4.78 is 2.53. The average Bonchev–Trinajstić information content (AvgIpc) is 2.97. The number of carboxylic acid groups (broad SMARTS) is 1. The maximum absolute atomic E-state index is 12.8. The van der Waals surface area contributed by atoms with Crippen molar-refractivity contribution in [1.29, 1.82) is 0 Å². The second kappa shape index (κ2) is 8.63. The third kappa shape index (κ3) is 4.18. The van der Waals surface area contributed by atoms with Gasteiger partial charge >= 0.3 is 5.97 Å². The maximum Gasteiger partial charge on any atom is 0.326 e. The molecule has 1 aromatic rings. The van der Waals surface area contributed by atoms with Crippen LogP contribution in [0.15, 0.2) is 11.0 Å². The van der Waals surface area contributed by atoms with E-state index in [0.717, 1.165) is 17.0 Å². The smallest absolute Gasteiger partial charge is 0.326 e. The molecule has 0 bridgehead atoms. The van der Waals surface area contributed by atoms with Gasteiger partial charge in [-0.1, -0.05) is 24.0 Å². The Kier molecular flexibility index (Phi) is 6.99. The summed E-state index contributed by atoms with van der Waals surface area (Å²) in [4.78, 5) is 26.2. The van der Waals surface area contributed by atoms with E-state index in [9.17, 15) is 14.7 Å². The minimum absolute atomic E-state index is 0.312. The first-order chi connectivity index (χ1) is 12.2. The third-order valence-corrected chi connectivity index (χ3v) is 6.32. The molecule has 1 aliphatic heterocycles. The molecule has 2 rings (SSSR count). The topological polar surface area (TPSA) is 62.5 Å². The second-order valence-electron chi connectivity index (χ2n) is 6.48. The van der Waals surface area contributed by atoms with Crippen molar-refractivity contribution in [2.75, 3.05) is 12.0 Å². The second-order valence-corrected chi connectivity index (χ2v) is 9.14. The number of thiocarbonyl (C=S) groups is 1. The third-order valence-electron chi connectivity index (χ3n) is 4.34. The van der Waals surface area contributed by atoms with Crippen LogP contribution < -0.4 is 0 Å². The van der Waals surface area contributed by atoms with Crippen molar-refractivity contribution in [3.8, 4) is 0 Å². The monoisotopic (exact) mass is 412 g/mol. The number of aliphatic carboxylic acids is 1. The SMILES string of the molecule is CSCC[C@H](C(=O)O)N1C(=O)/C(=C\c2cc(C)n(C(C)C)c2C)SC1=S. The molecule has 0 saturated carbocycles. The first-order valence-electron chi connectivity index (χ1n) is 8.36. The molecule has 0 spiro atoms. The predicted molar refractivity (Wildman–Crippen MR) is 114 cm³/mol. The van der Waals surface area contributed by atoms with Crippen molar-refractivity contribution in [3.05, 3.63) is 27.9 Å². The molecule has 0 radical (unpaired) electrons. The maximum atomic E-state index is 12.8. The first-order valence-corrected chi connectivity index (χ1v) is 11.0. The van der Waals surface area contributed by atoms with E-state index >= 15 is 0 Å². The van der Waals surface area contributed by atoms with Gasteiger partial charge in [-0.15, -0.1) is 0 Å². The highest BCUT2D eigenvalue weighted by Gasteiger charge is 2.40. The van der Waals surface area contributed by atoms with Gasteiger partial charge in [-0.05, 0) is 63.8 Å². The van der Waals surface area contributed by atoms with Crippen LogP contribution in [0.4, 0.5) is 0 Å². The van der Waals surface area contributed by atoms with Gasteiger partial charge in [0.1, 0.15) is 10.4 Å². The summed E-state index contributed by atoms with van der Waals surface area (Å²) in [5.74, 6) is -0.680. The van der Waals surface area contributed by atoms with Crippen molar-refractivity contribution < 1.29 is 14.7 Å². The highest BCUT2D eigenvalue weighted by molar-refractivity contribution is 8.26. The van der Waals surface area contributed by atoms with Crippen LogP contribution in [-0.4, -0.2) is 48.8 Å². The van der Waals surface area contributed by atoms with Crippen LogP contribution in [0.5, 0.6) is 0 Å². The molecule has 0 unspecified atom stereocenters. The highest BCUT2D eigenvalue weighted by Crippen LogP contribution is 2.36. The number of carbonyl (C=O) groups is 2. The summed E-state index contributed by atoms with van der Waals surface area (Å²) >= 11 is 8.04. The molecule has 2 heterocycles. The number of aromatic nitrogens is 1. The summed E-state index contributed by atoms with van der Waals surface area (Å²) in [6, 6.07) is 1.46. The molecular formula is C18H24N2O3S3. The molecule has 26 heavy (non-hydrogen) atoms. The lowest BCUT2D eigenvalue weighted by Gasteiger charge is -2.22. The number of hydrogen-bond acceptors (Lipinski definition) is 5. The summed E-state index contributed by atoms with van der Waals surface area (Å²) in [6.45, 7) is 8.30. The zero-order chi connectivity index (χ0) is 19.6. The van der Waals surface area contributed by atoms with Crippen LogP contribution in [0.2, 0.25) is 0 Å². The van der Waals surface area contributed by atoms with Crippen molar-refractivity contribution in [3.63, 3.8) is 0 Å². The number of hydrogen-bond donors (Lipinski definition) is 1. The van der Waals surface area contributed by atoms with Gasteiger partial charge in [-0.3, -0.25) is 9.69 Å². The molecule has 5 nitrogen and oxygen atoms in total. The Hall–Kier alpha value is -1.25. The zero-order valence-electron chi connectivity index (χ0n) is 15.6. The van der Waals surface area contributed by atoms with Gasteiger partial charge in [0.25, 0.3) is 5.91 Å². The standard InChI is InChI=1S/C18H24N2O3S3/c1-10(2)19-11(3)8-13(12(19)4)9-15-16(21)20(18(24)26-15)14(17(22)23)6-7-25-5/h8-10,14H,6-7H2,1-5H3,(H,22,23)/b15-9+/t14-/m1/s1. The van der Waals surface area contributed by atoms with Crippen molar-refractivity contribution in [2.45, 2.75) is 46.2 Å². The lowest BCUT2D eigenvalue weighted by molar-refractivity contribution is -0.145. The number of thioether (sulfide) groups is 2. The number of aryl methyl sites for hydroxylation is 1. The van der Waals surface area contributed by atoms with E-state index in [2.05, 4.69) is 18.4 Å². The molecule has 1 amide bonds. The lowest BCUT2D eigenvalue weighted by atomic mass is 10.2. The average molecular weight is 413 g/mol. The van der Waals surface area contributed by atoms with Crippen LogP contribution in [0.3, 0.4) is 0 Å². The normalized spacial score (nSPS) is 17.6. The Morgan fingerprint density at radius 2 is 2.08 bits per heavy atom. The first kappa shape index (κ1) is 21.1. The quantitative estimate of drug-likeness (QED) is 0.537. The summed E-state index contributed by atoms with van der Waals surface area (Å²) in [6.07, 6.45) is 4.11. The molecule has 0 aromatic carbocycles.